The lowest BCUT2D eigenvalue weighted by atomic mass is 10.0. The minimum absolute atomic E-state index is 0.180. The molecule has 0 fully saturated rings. The molecule has 29 heavy (non-hydrogen) atoms. The number of carbonyl (C=O) groups excluding carboxylic acids is 2. The number of allylic oxidation sites excluding steroid dienone is 1. The van der Waals surface area contributed by atoms with Crippen molar-refractivity contribution in [2.24, 2.45) is 0 Å². The van der Waals surface area contributed by atoms with Crippen LogP contribution in [0, 0.1) is 0 Å². The van der Waals surface area contributed by atoms with Crippen molar-refractivity contribution in [2.75, 3.05) is 6.54 Å². The summed E-state index contributed by atoms with van der Waals surface area (Å²) in [4.78, 5) is 26.3. The highest BCUT2D eigenvalue weighted by atomic mass is 16.2. The van der Waals surface area contributed by atoms with E-state index >= 15 is 0 Å². The molecule has 3 nitrogen and oxygen atoms in total. The summed E-state index contributed by atoms with van der Waals surface area (Å²) in [6.45, 7) is 2.56. The fourth-order valence-electron chi connectivity index (χ4n) is 3.76. The van der Waals surface area contributed by atoms with Gasteiger partial charge >= 0.3 is 0 Å². The molecule has 3 heteroatoms. The third kappa shape index (κ3) is 4.04. The van der Waals surface area contributed by atoms with Gasteiger partial charge in [0.15, 0.2) is 0 Å². The van der Waals surface area contributed by atoms with Gasteiger partial charge in [0.1, 0.15) is 0 Å². The Morgan fingerprint density at radius 1 is 0.828 bits per heavy atom. The van der Waals surface area contributed by atoms with Gasteiger partial charge in [0.25, 0.3) is 11.8 Å². The number of rotatable bonds is 6. The number of carbonyl (C=O) groups is 2. The van der Waals surface area contributed by atoms with Crippen molar-refractivity contribution in [1.29, 1.82) is 0 Å². The molecule has 0 radical (unpaired) electrons. The maximum Gasteiger partial charge on any atom is 0.261 e. The molecule has 0 saturated carbocycles. The van der Waals surface area contributed by atoms with E-state index in [1.165, 1.54) is 21.6 Å². The molecule has 0 aliphatic carbocycles. The first-order valence-corrected chi connectivity index (χ1v) is 9.91. The lowest BCUT2D eigenvalue weighted by Crippen LogP contribution is -2.30. The SMILES string of the molecule is C/C(=C/c1cccc(CCCN2C(=O)c3ccccc3C2=O)c1)c1ccccc1. The molecule has 0 spiro atoms. The molecule has 0 saturated heterocycles. The van der Waals surface area contributed by atoms with Gasteiger partial charge in [-0.05, 0) is 54.2 Å². The molecule has 3 aromatic carbocycles. The van der Waals surface area contributed by atoms with E-state index in [4.69, 9.17) is 0 Å². The fraction of sp³-hybridized carbons (Fsp3) is 0.154. The van der Waals surface area contributed by atoms with E-state index in [1.807, 2.05) is 18.2 Å². The van der Waals surface area contributed by atoms with Crippen LogP contribution < -0.4 is 0 Å². The highest BCUT2D eigenvalue weighted by molar-refractivity contribution is 6.21. The quantitative estimate of drug-likeness (QED) is 0.419. The van der Waals surface area contributed by atoms with Crippen molar-refractivity contribution >= 4 is 23.5 Å². The highest BCUT2D eigenvalue weighted by Crippen LogP contribution is 2.23. The summed E-state index contributed by atoms with van der Waals surface area (Å²) in [6.07, 6.45) is 3.75. The average molecular weight is 381 g/mol. The molecule has 1 aliphatic rings. The second kappa shape index (κ2) is 8.27. The van der Waals surface area contributed by atoms with Gasteiger partial charge in [0, 0.05) is 6.54 Å². The Bertz CT molecular complexity index is 1050. The number of benzene rings is 3. The van der Waals surface area contributed by atoms with E-state index < -0.39 is 0 Å². The Morgan fingerprint density at radius 2 is 1.48 bits per heavy atom. The fourth-order valence-corrected chi connectivity index (χ4v) is 3.76. The molecule has 3 aromatic rings. The number of amides is 2. The van der Waals surface area contributed by atoms with Gasteiger partial charge in [0.2, 0.25) is 0 Å². The van der Waals surface area contributed by atoms with Gasteiger partial charge in [-0.2, -0.15) is 0 Å². The largest absolute Gasteiger partial charge is 0.274 e. The summed E-state index contributed by atoms with van der Waals surface area (Å²) in [5, 5.41) is 0. The first kappa shape index (κ1) is 18.9. The Balaban J connectivity index is 1.40. The molecule has 0 bridgehead atoms. The van der Waals surface area contributed by atoms with E-state index in [0.717, 1.165) is 18.4 Å². The van der Waals surface area contributed by atoms with E-state index in [1.54, 1.807) is 24.3 Å². The summed E-state index contributed by atoms with van der Waals surface area (Å²) < 4.78 is 0. The van der Waals surface area contributed by atoms with Gasteiger partial charge in [-0.1, -0.05) is 72.8 Å². The molecule has 2 amide bonds. The Kier molecular flexibility index (Phi) is 5.39. The number of imide groups is 1. The number of hydrogen-bond acceptors (Lipinski definition) is 2. The molecule has 0 N–H and O–H groups in total. The Hall–Kier alpha value is -3.46. The molecule has 0 unspecified atom stereocenters. The van der Waals surface area contributed by atoms with Crippen LogP contribution in [0.3, 0.4) is 0 Å². The molecular formula is C26H23NO2. The van der Waals surface area contributed by atoms with Crippen molar-refractivity contribution in [1.82, 2.24) is 4.90 Å². The lowest BCUT2D eigenvalue weighted by molar-refractivity contribution is 0.0652. The third-order valence-corrected chi connectivity index (χ3v) is 5.29. The van der Waals surface area contributed by atoms with Crippen LogP contribution in [0.25, 0.3) is 11.6 Å². The first-order valence-electron chi connectivity index (χ1n) is 9.91. The average Bonchev–Trinajstić information content (AvgIpc) is 3.00. The summed E-state index contributed by atoms with van der Waals surface area (Å²) in [7, 11) is 0. The van der Waals surface area contributed by atoms with Gasteiger partial charge < -0.3 is 0 Å². The Labute approximate surface area is 171 Å². The van der Waals surface area contributed by atoms with Crippen LogP contribution >= 0.6 is 0 Å². The molecule has 0 aromatic heterocycles. The van der Waals surface area contributed by atoms with Crippen LogP contribution in [0.4, 0.5) is 0 Å². The van der Waals surface area contributed by atoms with Crippen LogP contribution in [0.15, 0.2) is 78.9 Å². The number of nitrogens with zero attached hydrogens (tertiary/aromatic N) is 1. The zero-order chi connectivity index (χ0) is 20.2. The zero-order valence-electron chi connectivity index (χ0n) is 16.5. The van der Waals surface area contributed by atoms with Crippen LogP contribution in [-0.2, 0) is 6.42 Å². The normalized spacial score (nSPS) is 13.7. The lowest BCUT2D eigenvalue weighted by Gasteiger charge is -2.13. The third-order valence-electron chi connectivity index (χ3n) is 5.29. The van der Waals surface area contributed by atoms with Crippen molar-refractivity contribution in [3.63, 3.8) is 0 Å². The number of fused-ring (bicyclic) bond motifs is 1. The monoisotopic (exact) mass is 381 g/mol. The zero-order valence-corrected chi connectivity index (χ0v) is 16.5. The van der Waals surface area contributed by atoms with Gasteiger partial charge in [-0.25, -0.2) is 0 Å². The maximum atomic E-state index is 12.5. The number of aryl methyl sites for hydroxylation is 1. The van der Waals surface area contributed by atoms with Crippen LogP contribution in [0.2, 0.25) is 0 Å². The predicted molar refractivity (Wildman–Crippen MR) is 117 cm³/mol. The van der Waals surface area contributed by atoms with Crippen molar-refractivity contribution in [3.05, 3.63) is 107 Å². The maximum absolute atomic E-state index is 12.5. The van der Waals surface area contributed by atoms with Crippen molar-refractivity contribution in [2.45, 2.75) is 19.8 Å². The first-order chi connectivity index (χ1) is 14.1. The Morgan fingerprint density at radius 3 is 2.17 bits per heavy atom. The molecule has 0 atom stereocenters. The number of hydrogen-bond donors (Lipinski definition) is 0. The predicted octanol–water partition coefficient (Wildman–Crippen LogP) is 5.48. The summed E-state index contributed by atoms with van der Waals surface area (Å²) in [5.74, 6) is -0.360. The van der Waals surface area contributed by atoms with Crippen LogP contribution in [-0.4, -0.2) is 23.3 Å². The summed E-state index contributed by atoms with van der Waals surface area (Å²) in [6, 6.07) is 25.8. The summed E-state index contributed by atoms with van der Waals surface area (Å²) in [5.41, 5.74) is 5.82. The van der Waals surface area contributed by atoms with Gasteiger partial charge in [0.05, 0.1) is 11.1 Å². The van der Waals surface area contributed by atoms with E-state index in [9.17, 15) is 9.59 Å². The van der Waals surface area contributed by atoms with Crippen LogP contribution in [0.5, 0.6) is 0 Å². The smallest absolute Gasteiger partial charge is 0.261 e. The second-order valence-electron chi connectivity index (χ2n) is 7.35. The van der Waals surface area contributed by atoms with Crippen molar-refractivity contribution in [3.8, 4) is 0 Å². The van der Waals surface area contributed by atoms with E-state index in [-0.39, 0.29) is 11.8 Å². The van der Waals surface area contributed by atoms with Gasteiger partial charge in [-0.3, -0.25) is 14.5 Å². The molecule has 1 heterocycles. The second-order valence-corrected chi connectivity index (χ2v) is 7.35. The summed E-state index contributed by atoms with van der Waals surface area (Å²) >= 11 is 0. The molecular weight excluding hydrogens is 358 g/mol. The molecule has 144 valence electrons. The van der Waals surface area contributed by atoms with Crippen LogP contribution in [0.1, 0.15) is 50.8 Å². The topological polar surface area (TPSA) is 37.4 Å². The minimum Gasteiger partial charge on any atom is -0.274 e. The van der Waals surface area contributed by atoms with E-state index in [2.05, 4.69) is 49.4 Å². The van der Waals surface area contributed by atoms with Gasteiger partial charge in [-0.15, -0.1) is 0 Å². The minimum atomic E-state index is -0.180. The van der Waals surface area contributed by atoms with Crippen molar-refractivity contribution < 1.29 is 9.59 Å². The molecule has 1 aliphatic heterocycles. The molecule has 4 rings (SSSR count). The highest BCUT2D eigenvalue weighted by Gasteiger charge is 2.34. The van der Waals surface area contributed by atoms with E-state index in [0.29, 0.717) is 17.7 Å². The standard InChI is InChI=1S/C26H23NO2/c1-19(22-12-3-2-4-13-22)17-21-10-7-9-20(18-21)11-8-16-27-25(28)23-14-5-6-15-24(23)26(27)29/h2-7,9-10,12-15,17-18H,8,11,16H2,1H3/b19-17-.